The molecular formula is H18N2O14Zn3. The molecule has 0 bridgehead atoms. The molecule has 0 unspecified atom stereocenters. The van der Waals surface area contributed by atoms with Gasteiger partial charge >= 0.3 is 0 Å². The van der Waals surface area contributed by atoms with Crippen molar-refractivity contribution in [2.75, 3.05) is 0 Å². The zero-order valence-corrected chi connectivity index (χ0v) is 18.4. The molecule has 16 nitrogen and oxygen atoms in total. The Morgan fingerprint density at radius 3 is 0.526 bits per heavy atom. The molecule has 0 rings (SSSR count). The van der Waals surface area contributed by atoms with Crippen LogP contribution in [-0.4, -0.2) is 64.4 Å². The van der Waals surface area contributed by atoms with E-state index in [1.54, 1.807) is 0 Å². The Balaban J connectivity index is -0.00000000218. The van der Waals surface area contributed by atoms with E-state index in [9.17, 15) is 0 Å². The van der Waals surface area contributed by atoms with E-state index in [1.165, 1.54) is 0 Å². The van der Waals surface area contributed by atoms with Gasteiger partial charge in [0, 0.05) is 58.4 Å². The molecule has 0 aliphatic carbocycles. The quantitative estimate of drug-likeness (QED) is 0.198. The van der Waals surface area contributed by atoms with Crippen molar-refractivity contribution in [2.45, 2.75) is 0 Å². The molecular weight excluding hydrogens is 448 g/mol. The van der Waals surface area contributed by atoms with Crippen molar-refractivity contribution in [1.29, 1.82) is 0 Å². The minimum atomic E-state index is -1.50. The maximum Gasteiger partial charge on any atom is 0.291 e. The molecule has 0 heterocycles. The predicted molar refractivity (Wildman–Crippen MR) is 46.5 cm³/mol. The summed E-state index contributed by atoms with van der Waals surface area (Å²) in [6.45, 7) is 0. The van der Waals surface area contributed by atoms with E-state index >= 15 is 0 Å². The van der Waals surface area contributed by atoms with Gasteiger partial charge in [-0.25, -0.2) is 0 Å². The Hall–Kier alpha value is -0.0499. The number of hydrogen-bond acceptors (Lipinski definition) is 4. The largest absolute Gasteiger partial charge is 0.412 e. The molecule has 0 fully saturated rings. The van der Waals surface area contributed by atoms with Crippen molar-refractivity contribution < 1.29 is 123 Å². The van der Waals surface area contributed by atoms with Gasteiger partial charge in [0.2, 0.25) is 0 Å². The Kier molecular flexibility index (Phi) is 1320. The summed E-state index contributed by atoms with van der Waals surface area (Å²) in [4.78, 5) is 16.7. The first kappa shape index (κ1) is 172. The first-order chi connectivity index (χ1) is 3.46. The number of rotatable bonds is 0. The Morgan fingerprint density at radius 1 is 0.526 bits per heavy atom. The first-order valence-corrected chi connectivity index (χ1v) is 1.13. The van der Waals surface area contributed by atoms with Crippen LogP contribution in [0.1, 0.15) is 0 Å². The second-order valence-corrected chi connectivity index (χ2v) is 0.476. The van der Waals surface area contributed by atoms with Crippen molar-refractivity contribution in [3.63, 3.8) is 0 Å². The topological polar surface area (TPSA) is 379 Å². The SMILES string of the molecule is O.O.O.O.O.O.O.O.O=[N+]([O-])O.O=[N+]([O-])O.[Zn].[Zn].[Zn]. The third-order valence-electron chi connectivity index (χ3n) is 0. The van der Waals surface area contributed by atoms with E-state index in [-0.39, 0.29) is 102 Å². The van der Waals surface area contributed by atoms with Gasteiger partial charge in [-0.3, -0.25) is 0 Å². The average molecular weight is 466 g/mol. The van der Waals surface area contributed by atoms with Gasteiger partial charge < -0.3 is 54.2 Å². The summed E-state index contributed by atoms with van der Waals surface area (Å²) >= 11 is 0. The molecule has 0 saturated heterocycles. The fourth-order valence-electron chi connectivity index (χ4n) is 0. The molecule has 0 amide bonds. The van der Waals surface area contributed by atoms with Gasteiger partial charge in [0.15, 0.2) is 0 Å². The van der Waals surface area contributed by atoms with Crippen molar-refractivity contribution in [3.8, 4) is 0 Å². The van der Waals surface area contributed by atoms with Gasteiger partial charge in [-0.15, -0.1) is 20.2 Å². The molecule has 0 aliphatic heterocycles. The van der Waals surface area contributed by atoms with Crippen LogP contribution in [0.25, 0.3) is 0 Å². The van der Waals surface area contributed by atoms with Crippen LogP contribution >= 0.6 is 0 Å². The molecule has 0 atom stereocenters. The van der Waals surface area contributed by atoms with Crippen LogP contribution in [0.3, 0.4) is 0 Å². The Morgan fingerprint density at radius 2 is 0.526 bits per heavy atom. The molecule has 0 spiro atoms. The van der Waals surface area contributed by atoms with Crippen LogP contribution in [0.15, 0.2) is 0 Å². The standard InChI is InChI=1S/2HNO3.8H2O.3Zn/c2*2-1(3)4;;;;;;;;;;;/h2*(H,2,3,4);8*1H2;;;. The maximum absolute atomic E-state index is 8.36. The fraction of sp³-hybridized carbons (Fsp3) is 0. The van der Waals surface area contributed by atoms with E-state index in [2.05, 4.69) is 0 Å². The molecule has 0 aromatic heterocycles. The summed E-state index contributed by atoms with van der Waals surface area (Å²) in [7, 11) is 0. The van der Waals surface area contributed by atoms with Gasteiger partial charge in [0.1, 0.15) is 0 Å². The second kappa shape index (κ2) is 146. The van der Waals surface area contributed by atoms with Crippen LogP contribution in [0.5, 0.6) is 0 Å². The van der Waals surface area contributed by atoms with Crippen LogP contribution in [0.4, 0.5) is 0 Å². The van der Waals surface area contributed by atoms with E-state index in [1.807, 2.05) is 0 Å². The summed E-state index contributed by atoms with van der Waals surface area (Å²) in [5, 5.41) is 27.3. The minimum absolute atomic E-state index is 0. The zero-order chi connectivity index (χ0) is 7.15. The fourth-order valence-corrected chi connectivity index (χ4v) is 0. The molecule has 19 heavy (non-hydrogen) atoms. The molecule has 0 saturated carbocycles. The van der Waals surface area contributed by atoms with Gasteiger partial charge in [-0.2, -0.15) is 0 Å². The van der Waals surface area contributed by atoms with Gasteiger partial charge in [0.25, 0.3) is 10.2 Å². The van der Waals surface area contributed by atoms with Crippen molar-refractivity contribution in [2.24, 2.45) is 0 Å². The Labute approximate surface area is 143 Å². The van der Waals surface area contributed by atoms with E-state index in [4.69, 9.17) is 30.6 Å². The van der Waals surface area contributed by atoms with Crippen LogP contribution in [0.2, 0.25) is 0 Å². The predicted octanol–water partition coefficient (Wildman–Crippen LogP) is -7.30. The normalized spacial score (nSPS) is 2.53. The van der Waals surface area contributed by atoms with E-state index < -0.39 is 10.2 Å². The van der Waals surface area contributed by atoms with E-state index in [0.29, 0.717) is 0 Å². The zero-order valence-electron chi connectivity index (χ0n) is 9.54. The minimum Gasteiger partial charge on any atom is -0.412 e. The number of hydrogen-bond donors (Lipinski definition) is 2. The first-order valence-electron chi connectivity index (χ1n) is 1.13. The summed E-state index contributed by atoms with van der Waals surface area (Å²) in [5.41, 5.74) is 0. The van der Waals surface area contributed by atoms with Crippen molar-refractivity contribution in [1.82, 2.24) is 0 Å². The summed E-state index contributed by atoms with van der Waals surface area (Å²) in [6.07, 6.45) is 0. The molecule has 0 aromatic rings. The Bertz CT molecular complexity index is 78.7. The monoisotopic (exact) mass is 462 g/mol. The summed E-state index contributed by atoms with van der Waals surface area (Å²) < 4.78 is 0. The number of nitrogens with zero attached hydrogens (tertiary/aromatic N) is 2. The molecule has 19 heteroatoms. The van der Waals surface area contributed by atoms with Crippen LogP contribution in [0, 0.1) is 20.2 Å². The smallest absolute Gasteiger partial charge is 0.291 e. The second-order valence-electron chi connectivity index (χ2n) is 0.476. The molecule has 18 N–H and O–H groups in total. The average Bonchev–Trinajstić information content (AvgIpc) is 1.25. The molecule has 0 aliphatic rings. The third-order valence-corrected chi connectivity index (χ3v) is 0. The molecule has 0 radical (unpaired) electrons. The summed E-state index contributed by atoms with van der Waals surface area (Å²) in [5.74, 6) is 0. The summed E-state index contributed by atoms with van der Waals surface area (Å²) in [6, 6.07) is 0. The third kappa shape index (κ3) is 1840000. The molecule has 118 valence electrons. The van der Waals surface area contributed by atoms with E-state index in [0.717, 1.165) is 0 Å². The van der Waals surface area contributed by atoms with Crippen LogP contribution < -0.4 is 0 Å². The van der Waals surface area contributed by atoms with Gasteiger partial charge in [-0.05, 0) is 0 Å². The van der Waals surface area contributed by atoms with Gasteiger partial charge in [0.05, 0.1) is 0 Å². The van der Waals surface area contributed by atoms with Crippen LogP contribution in [-0.2, 0) is 58.4 Å². The maximum atomic E-state index is 8.36. The van der Waals surface area contributed by atoms with Crippen molar-refractivity contribution in [3.05, 3.63) is 20.2 Å². The van der Waals surface area contributed by atoms with Crippen molar-refractivity contribution >= 4 is 0 Å². The van der Waals surface area contributed by atoms with Gasteiger partial charge in [-0.1, -0.05) is 0 Å². The molecule has 0 aromatic carbocycles.